The first-order chi connectivity index (χ1) is 29.3. The molecule has 0 saturated carbocycles. The van der Waals surface area contributed by atoms with Gasteiger partial charge in [-0.05, 0) is 86.3 Å². The highest BCUT2D eigenvalue weighted by Crippen LogP contribution is 2.57. The largest absolute Gasteiger partial charge is 0.309 e. The molecule has 12 rings (SSSR count). The van der Waals surface area contributed by atoms with Crippen LogP contribution < -0.4 is 4.90 Å². The van der Waals surface area contributed by atoms with Gasteiger partial charge in [-0.3, -0.25) is 0 Å². The molecule has 10 aromatic rings. The van der Waals surface area contributed by atoms with Crippen LogP contribution in [0.25, 0.3) is 71.6 Å². The third-order valence-corrected chi connectivity index (χ3v) is 13.8. The highest BCUT2D eigenvalue weighted by atomic mass is 15.2. The summed E-state index contributed by atoms with van der Waals surface area (Å²) in [5, 5.41) is 4.93. The number of nitrogens with zero attached hydrogens (tertiary/aromatic N) is 2. The second-order valence-electron chi connectivity index (χ2n) is 17.7. The molecule has 0 spiro atoms. The molecule has 9 aromatic carbocycles. The highest BCUT2D eigenvalue weighted by Gasteiger charge is 2.39. The molecule has 0 N–H and O–H groups in total. The number of benzene rings is 9. The fourth-order valence-electron chi connectivity index (χ4n) is 11.0. The van der Waals surface area contributed by atoms with E-state index in [1.54, 1.807) is 0 Å². The Balaban J connectivity index is 1.25. The average Bonchev–Trinajstić information content (AvgIpc) is 3.83. The van der Waals surface area contributed by atoms with Gasteiger partial charge < -0.3 is 9.47 Å². The van der Waals surface area contributed by atoms with E-state index in [-0.39, 0.29) is 10.8 Å². The summed E-state index contributed by atoms with van der Waals surface area (Å²) in [4.78, 5) is 2.59. The average molecular weight is 769 g/mol. The van der Waals surface area contributed by atoms with Crippen LogP contribution in [0.1, 0.15) is 49.9 Å². The quantitative estimate of drug-likeness (QED) is 0.169. The Morgan fingerprint density at radius 1 is 0.367 bits per heavy atom. The maximum atomic E-state index is 2.59. The Bertz CT molecular complexity index is 3330. The molecule has 60 heavy (non-hydrogen) atoms. The third kappa shape index (κ3) is 4.76. The topological polar surface area (TPSA) is 8.17 Å². The summed E-state index contributed by atoms with van der Waals surface area (Å²) in [5.41, 5.74) is 19.8. The van der Waals surface area contributed by atoms with Gasteiger partial charge in [0.2, 0.25) is 0 Å². The molecule has 0 unspecified atom stereocenters. The van der Waals surface area contributed by atoms with Gasteiger partial charge in [0.1, 0.15) is 0 Å². The number of fused-ring (bicyclic) bond motifs is 10. The lowest BCUT2D eigenvalue weighted by molar-refractivity contribution is 0.660. The van der Waals surface area contributed by atoms with Crippen LogP contribution in [0.15, 0.2) is 194 Å². The molecular weight excluding hydrogens is 725 g/mol. The van der Waals surface area contributed by atoms with E-state index in [4.69, 9.17) is 0 Å². The van der Waals surface area contributed by atoms with Gasteiger partial charge in [0.05, 0.1) is 28.1 Å². The van der Waals surface area contributed by atoms with Crippen LogP contribution in [0, 0.1) is 0 Å². The lowest BCUT2D eigenvalue weighted by Crippen LogP contribution is -2.17. The van der Waals surface area contributed by atoms with E-state index in [2.05, 4.69) is 231 Å². The molecule has 2 aliphatic rings. The standard InChI is InChI=1S/C58H44N2/c1-57(2)46-27-14-10-21-39(46)45-35-38(33-34-48(45)57)59(52-32-18-29-49-56(52)44-26-11-15-28-47(44)58(49,3)4)54-36-53(42-24-8-9-25-43(42)55(54)37-19-6-5-7-20-37)60-50-30-16-12-22-40(50)41-23-13-17-31-51(41)60/h5-36H,1-4H3. The molecule has 1 aromatic heterocycles. The van der Waals surface area contributed by atoms with Crippen LogP contribution in [-0.2, 0) is 10.8 Å². The Morgan fingerprint density at radius 3 is 1.62 bits per heavy atom. The van der Waals surface area contributed by atoms with Gasteiger partial charge in [0, 0.05) is 43.8 Å². The lowest BCUT2D eigenvalue weighted by atomic mass is 9.82. The van der Waals surface area contributed by atoms with Crippen molar-refractivity contribution >= 4 is 49.6 Å². The zero-order valence-electron chi connectivity index (χ0n) is 34.4. The number of rotatable bonds is 5. The van der Waals surface area contributed by atoms with Crippen molar-refractivity contribution in [3.63, 3.8) is 0 Å². The van der Waals surface area contributed by atoms with E-state index in [1.807, 2.05) is 0 Å². The van der Waals surface area contributed by atoms with Gasteiger partial charge in [0.15, 0.2) is 0 Å². The molecule has 0 bridgehead atoms. The number of aromatic nitrogens is 1. The molecule has 1 heterocycles. The monoisotopic (exact) mass is 768 g/mol. The van der Waals surface area contributed by atoms with Crippen LogP contribution in [0.4, 0.5) is 17.1 Å². The molecule has 0 radical (unpaired) electrons. The molecule has 2 heteroatoms. The summed E-state index contributed by atoms with van der Waals surface area (Å²) in [6.45, 7) is 9.50. The number of hydrogen-bond acceptors (Lipinski definition) is 1. The SMILES string of the molecule is CC1(C)c2ccccc2-c2cc(N(c3cccc4c3-c3ccccc3C4(C)C)c3cc(-n4c5ccccc5c5ccccc54)c4ccccc4c3-c3ccccc3)ccc21. The second kappa shape index (κ2) is 12.7. The Labute approximate surface area is 351 Å². The van der Waals surface area contributed by atoms with Crippen molar-refractivity contribution in [2.24, 2.45) is 0 Å². The normalized spacial score (nSPS) is 14.3. The number of hydrogen-bond donors (Lipinski definition) is 0. The van der Waals surface area contributed by atoms with Gasteiger partial charge in [-0.15, -0.1) is 0 Å². The molecule has 0 aliphatic heterocycles. The van der Waals surface area contributed by atoms with Crippen molar-refractivity contribution in [2.75, 3.05) is 4.90 Å². The van der Waals surface area contributed by atoms with Crippen molar-refractivity contribution in [3.8, 4) is 39.1 Å². The molecule has 0 saturated heterocycles. The van der Waals surface area contributed by atoms with Crippen LogP contribution in [0.2, 0.25) is 0 Å². The zero-order chi connectivity index (χ0) is 40.3. The summed E-state index contributed by atoms with van der Waals surface area (Å²) in [6.07, 6.45) is 0. The van der Waals surface area contributed by atoms with Gasteiger partial charge in [-0.2, -0.15) is 0 Å². The minimum absolute atomic E-state index is 0.103. The molecule has 0 fully saturated rings. The Hall–Kier alpha value is -7.16. The summed E-state index contributed by atoms with van der Waals surface area (Å²) in [7, 11) is 0. The van der Waals surface area contributed by atoms with E-state index in [1.165, 1.54) is 93.9 Å². The van der Waals surface area contributed by atoms with Crippen molar-refractivity contribution in [1.29, 1.82) is 0 Å². The molecule has 0 atom stereocenters. The smallest absolute Gasteiger partial charge is 0.0567 e. The van der Waals surface area contributed by atoms with E-state index < -0.39 is 0 Å². The van der Waals surface area contributed by atoms with E-state index in [9.17, 15) is 0 Å². The summed E-state index contributed by atoms with van der Waals surface area (Å²) < 4.78 is 2.50. The highest BCUT2D eigenvalue weighted by molar-refractivity contribution is 6.14. The Kier molecular flexibility index (Phi) is 7.36. The minimum Gasteiger partial charge on any atom is -0.309 e. The van der Waals surface area contributed by atoms with Crippen molar-refractivity contribution in [3.05, 3.63) is 216 Å². The number of para-hydroxylation sites is 2. The summed E-state index contributed by atoms with van der Waals surface area (Å²) in [6, 6.07) is 72.5. The van der Waals surface area contributed by atoms with Crippen molar-refractivity contribution in [1.82, 2.24) is 4.57 Å². The van der Waals surface area contributed by atoms with Crippen molar-refractivity contribution < 1.29 is 0 Å². The predicted octanol–water partition coefficient (Wildman–Crippen LogP) is 15.7. The molecule has 0 amide bonds. The first kappa shape index (κ1) is 34.8. The van der Waals surface area contributed by atoms with Crippen LogP contribution >= 0.6 is 0 Å². The van der Waals surface area contributed by atoms with Crippen molar-refractivity contribution in [2.45, 2.75) is 38.5 Å². The second-order valence-corrected chi connectivity index (χ2v) is 17.7. The third-order valence-electron chi connectivity index (χ3n) is 13.8. The summed E-state index contributed by atoms with van der Waals surface area (Å²) in [5.74, 6) is 0. The minimum atomic E-state index is -0.158. The van der Waals surface area contributed by atoms with Gasteiger partial charge >= 0.3 is 0 Å². The van der Waals surface area contributed by atoms with Gasteiger partial charge in [-0.1, -0.05) is 185 Å². The molecule has 2 aliphatic carbocycles. The lowest BCUT2D eigenvalue weighted by Gasteiger charge is -2.32. The van der Waals surface area contributed by atoms with Gasteiger partial charge in [0.25, 0.3) is 0 Å². The zero-order valence-corrected chi connectivity index (χ0v) is 34.4. The molecule has 286 valence electrons. The number of anilines is 3. The maximum Gasteiger partial charge on any atom is 0.0567 e. The predicted molar refractivity (Wildman–Crippen MR) is 254 cm³/mol. The summed E-state index contributed by atoms with van der Waals surface area (Å²) >= 11 is 0. The Morgan fingerprint density at radius 2 is 0.900 bits per heavy atom. The first-order valence-electron chi connectivity index (χ1n) is 21.2. The molecule has 2 nitrogen and oxygen atoms in total. The van der Waals surface area contributed by atoms with Gasteiger partial charge in [-0.25, -0.2) is 0 Å². The van der Waals surface area contributed by atoms with Crippen LogP contribution in [-0.4, -0.2) is 4.57 Å². The fourth-order valence-corrected chi connectivity index (χ4v) is 11.0. The maximum absolute atomic E-state index is 2.59. The van der Waals surface area contributed by atoms with Crippen LogP contribution in [0.5, 0.6) is 0 Å². The van der Waals surface area contributed by atoms with E-state index >= 15 is 0 Å². The van der Waals surface area contributed by atoms with Crippen LogP contribution in [0.3, 0.4) is 0 Å². The first-order valence-corrected chi connectivity index (χ1v) is 21.2. The fraction of sp³-hybridized carbons (Fsp3) is 0.103. The molecular formula is C58H44N2. The van der Waals surface area contributed by atoms with E-state index in [0.717, 1.165) is 17.1 Å². The van der Waals surface area contributed by atoms with E-state index in [0.29, 0.717) is 0 Å².